The number of likely N-dealkylation sites (N-methyl/N-ethyl adjacent to an activating group) is 1. The average molecular weight is 298 g/mol. The molecule has 0 aliphatic carbocycles. The van der Waals surface area contributed by atoms with E-state index < -0.39 is 10.0 Å². The molecule has 0 saturated carbocycles. The molecule has 0 aromatic heterocycles. The molecule has 1 heterocycles. The van der Waals surface area contributed by atoms with Crippen molar-refractivity contribution in [3.05, 3.63) is 18.2 Å². The second-order valence-corrected chi connectivity index (χ2v) is 6.96. The summed E-state index contributed by atoms with van der Waals surface area (Å²) in [6.07, 6.45) is 1.07. The lowest BCUT2D eigenvalue weighted by atomic mass is 10.2. The molecular formula is C13H22N4O2S. The molecule has 0 bridgehead atoms. The van der Waals surface area contributed by atoms with Gasteiger partial charge in [0.1, 0.15) is 4.90 Å². The van der Waals surface area contributed by atoms with E-state index in [0.717, 1.165) is 31.7 Å². The quantitative estimate of drug-likeness (QED) is 0.773. The molecule has 0 amide bonds. The minimum Gasteiger partial charge on any atom is -0.398 e. The summed E-state index contributed by atoms with van der Waals surface area (Å²) in [5.41, 5.74) is 6.98. The Hall–Kier alpha value is -1.31. The zero-order chi connectivity index (χ0) is 14.9. The Morgan fingerprint density at radius 2 is 2.00 bits per heavy atom. The highest BCUT2D eigenvalue weighted by Gasteiger charge is 2.21. The number of hydrogen-bond donors (Lipinski definition) is 2. The van der Waals surface area contributed by atoms with Gasteiger partial charge < -0.3 is 15.5 Å². The third kappa shape index (κ3) is 3.23. The standard InChI is InChI=1S/C13H22N4O2S/c1-10-9-16(2)6-3-7-17(10)11-4-5-13(12(14)8-11)20(15,18)19/h4-5,8,10H,3,6-7,9,14H2,1-2H3,(H2,15,18,19). The second kappa shape index (κ2) is 5.59. The van der Waals surface area contributed by atoms with Gasteiger partial charge in [0.05, 0.1) is 5.69 Å². The molecule has 1 unspecified atom stereocenters. The van der Waals surface area contributed by atoms with Crippen LogP contribution in [-0.2, 0) is 10.0 Å². The van der Waals surface area contributed by atoms with E-state index in [1.165, 1.54) is 6.07 Å². The lowest BCUT2D eigenvalue weighted by Crippen LogP contribution is -2.38. The van der Waals surface area contributed by atoms with Crippen molar-refractivity contribution < 1.29 is 8.42 Å². The molecule has 4 N–H and O–H groups in total. The van der Waals surface area contributed by atoms with Gasteiger partial charge in [0.25, 0.3) is 0 Å². The lowest BCUT2D eigenvalue weighted by molar-refractivity contribution is 0.337. The SMILES string of the molecule is CC1CN(C)CCCN1c1ccc(S(N)(=O)=O)c(N)c1. The van der Waals surface area contributed by atoms with Crippen LogP contribution in [-0.4, -0.2) is 46.0 Å². The number of sulfonamides is 1. The number of nitrogens with two attached hydrogens (primary N) is 2. The topological polar surface area (TPSA) is 92.7 Å². The van der Waals surface area contributed by atoms with Crippen molar-refractivity contribution in [3.8, 4) is 0 Å². The smallest absolute Gasteiger partial charge is 0.240 e. The van der Waals surface area contributed by atoms with Gasteiger partial charge in [-0.15, -0.1) is 0 Å². The van der Waals surface area contributed by atoms with E-state index in [2.05, 4.69) is 23.8 Å². The van der Waals surface area contributed by atoms with Gasteiger partial charge in [-0.05, 0) is 45.1 Å². The molecule has 6 nitrogen and oxygen atoms in total. The van der Waals surface area contributed by atoms with E-state index in [9.17, 15) is 8.42 Å². The van der Waals surface area contributed by atoms with Crippen LogP contribution in [0, 0.1) is 0 Å². The molecule has 1 aromatic carbocycles. The molecule has 1 saturated heterocycles. The molecule has 1 aliphatic rings. The summed E-state index contributed by atoms with van der Waals surface area (Å²) in [6, 6.07) is 5.31. The van der Waals surface area contributed by atoms with Crippen molar-refractivity contribution in [2.75, 3.05) is 37.3 Å². The first-order chi connectivity index (χ1) is 9.29. The van der Waals surface area contributed by atoms with Crippen molar-refractivity contribution in [1.82, 2.24) is 4.90 Å². The van der Waals surface area contributed by atoms with Gasteiger partial charge in [-0.25, -0.2) is 13.6 Å². The maximum Gasteiger partial charge on any atom is 0.240 e. The van der Waals surface area contributed by atoms with E-state index >= 15 is 0 Å². The van der Waals surface area contributed by atoms with Crippen LogP contribution < -0.4 is 15.8 Å². The van der Waals surface area contributed by atoms with Crippen LogP contribution in [0.25, 0.3) is 0 Å². The van der Waals surface area contributed by atoms with Crippen molar-refractivity contribution in [2.24, 2.45) is 5.14 Å². The highest BCUT2D eigenvalue weighted by molar-refractivity contribution is 7.89. The largest absolute Gasteiger partial charge is 0.398 e. The summed E-state index contributed by atoms with van der Waals surface area (Å²) in [5, 5.41) is 5.13. The summed E-state index contributed by atoms with van der Waals surface area (Å²) < 4.78 is 22.8. The summed E-state index contributed by atoms with van der Waals surface area (Å²) in [7, 11) is -1.65. The van der Waals surface area contributed by atoms with Gasteiger partial charge in [-0.1, -0.05) is 0 Å². The molecule has 7 heteroatoms. The molecule has 1 atom stereocenters. The number of rotatable bonds is 2. The maximum absolute atomic E-state index is 11.4. The third-order valence-electron chi connectivity index (χ3n) is 3.68. The molecule has 112 valence electrons. The number of benzene rings is 1. The highest BCUT2D eigenvalue weighted by atomic mass is 32.2. The van der Waals surface area contributed by atoms with Gasteiger partial charge in [0, 0.05) is 24.8 Å². The fraction of sp³-hybridized carbons (Fsp3) is 0.538. The van der Waals surface area contributed by atoms with E-state index in [4.69, 9.17) is 10.9 Å². The second-order valence-electron chi connectivity index (χ2n) is 5.43. The zero-order valence-corrected chi connectivity index (χ0v) is 12.7. The van der Waals surface area contributed by atoms with Crippen LogP contribution in [0.5, 0.6) is 0 Å². The zero-order valence-electron chi connectivity index (χ0n) is 11.9. The van der Waals surface area contributed by atoms with E-state index in [1.807, 2.05) is 0 Å². The summed E-state index contributed by atoms with van der Waals surface area (Å²) in [4.78, 5) is 4.54. The minimum atomic E-state index is -3.76. The monoisotopic (exact) mass is 298 g/mol. The fourth-order valence-corrected chi connectivity index (χ4v) is 3.37. The first kappa shape index (κ1) is 15.1. The summed E-state index contributed by atoms with van der Waals surface area (Å²) in [5.74, 6) is 0. The fourth-order valence-electron chi connectivity index (χ4n) is 2.73. The first-order valence-electron chi connectivity index (χ1n) is 6.66. The van der Waals surface area contributed by atoms with Crippen LogP contribution in [0.15, 0.2) is 23.1 Å². The minimum absolute atomic E-state index is 0.0131. The Morgan fingerprint density at radius 1 is 1.30 bits per heavy atom. The maximum atomic E-state index is 11.4. The molecule has 1 aliphatic heterocycles. The predicted octanol–water partition coefficient (Wildman–Crippen LogP) is 0.447. The molecule has 1 aromatic rings. The Bertz CT molecular complexity index is 588. The Balaban J connectivity index is 2.31. The van der Waals surface area contributed by atoms with Gasteiger partial charge in [0.2, 0.25) is 10.0 Å². The van der Waals surface area contributed by atoms with Gasteiger partial charge in [-0.2, -0.15) is 0 Å². The third-order valence-corrected chi connectivity index (χ3v) is 4.66. The lowest BCUT2D eigenvalue weighted by Gasteiger charge is -2.30. The Labute approximate surface area is 120 Å². The average Bonchev–Trinajstić information content (AvgIpc) is 2.48. The van der Waals surface area contributed by atoms with Crippen molar-refractivity contribution >= 4 is 21.4 Å². The summed E-state index contributed by atoms with van der Waals surface area (Å²) >= 11 is 0. The highest BCUT2D eigenvalue weighted by Crippen LogP contribution is 2.26. The normalized spacial score (nSPS) is 21.8. The molecule has 0 spiro atoms. The number of anilines is 2. The van der Waals surface area contributed by atoms with Crippen molar-refractivity contribution in [1.29, 1.82) is 0 Å². The first-order valence-corrected chi connectivity index (χ1v) is 8.21. The van der Waals surface area contributed by atoms with E-state index in [0.29, 0.717) is 6.04 Å². The Kier molecular flexibility index (Phi) is 4.22. The molecule has 20 heavy (non-hydrogen) atoms. The van der Waals surface area contributed by atoms with Gasteiger partial charge in [-0.3, -0.25) is 0 Å². The van der Waals surface area contributed by atoms with Crippen LogP contribution >= 0.6 is 0 Å². The molecule has 1 fully saturated rings. The number of primary sulfonamides is 1. The van der Waals surface area contributed by atoms with E-state index in [-0.39, 0.29) is 10.6 Å². The van der Waals surface area contributed by atoms with Crippen LogP contribution in [0.2, 0.25) is 0 Å². The predicted molar refractivity (Wildman–Crippen MR) is 81.1 cm³/mol. The molecule has 0 radical (unpaired) electrons. The van der Waals surface area contributed by atoms with Crippen molar-refractivity contribution in [2.45, 2.75) is 24.3 Å². The van der Waals surface area contributed by atoms with Gasteiger partial charge in [0.15, 0.2) is 0 Å². The Morgan fingerprint density at radius 3 is 2.60 bits per heavy atom. The summed E-state index contributed by atoms with van der Waals surface area (Å²) in [6.45, 7) is 5.12. The van der Waals surface area contributed by atoms with Crippen LogP contribution in [0.1, 0.15) is 13.3 Å². The molecule has 2 rings (SSSR count). The number of hydrogen-bond acceptors (Lipinski definition) is 5. The number of nitrogens with zero attached hydrogens (tertiary/aromatic N) is 2. The van der Waals surface area contributed by atoms with Crippen molar-refractivity contribution in [3.63, 3.8) is 0 Å². The van der Waals surface area contributed by atoms with Crippen LogP contribution in [0.3, 0.4) is 0 Å². The molecular weight excluding hydrogens is 276 g/mol. The van der Waals surface area contributed by atoms with Gasteiger partial charge >= 0.3 is 0 Å². The number of nitrogen functional groups attached to an aromatic ring is 1. The van der Waals surface area contributed by atoms with E-state index in [1.54, 1.807) is 12.1 Å². The van der Waals surface area contributed by atoms with Crippen LogP contribution in [0.4, 0.5) is 11.4 Å².